The normalized spacial score (nSPS) is 25.5. The molecule has 0 spiro atoms. The molecule has 1 heterocycles. The average Bonchev–Trinajstić information content (AvgIpc) is 2.23. The summed E-state index contributed by atoms with van der Waals surface area (Å²) < 4.78 is 32.1. The van der Waals surface area contributed by atoms with Crippen molar-refractivity contribution >= 4 is 21.6 Å². The second-order valence-corrected chi connectivity index (χ2v) is 9.47. The largest absolute Gasteiger partial charge is 0.368 e. The van der Waals surface area contributed by atoms with Crippen molar-refractivity contribution in [2.24, 2.45) is 5.41 Å². The monoisotopic (exact) mass is 311 g/mol. The molecule has 0 aromatic heterocycles. The zero-order valence-corrected chi connectivity index (χ0v) is 14.1. The highest BCUT2D eigenvalue weighted by atomic mass is 35.5. The topological polar surface area (TPSA) is 46.6 Å². The SMILES string of the molecule is CC(C)(C)CCS(=O)(=O)N1CC(CCl)OC(C)(C)C1. The summed E-state index contributed by atoms with van der Waals surface area (Å²) in [7, 11) is -3.24. The van der Waals surface area contributed by atoms with Crippen molar-refractivity contribution in [1.82, 2.24) is 4.31 Å². The lowest BCUT2D eigenvalue weighted by Gasteiger charge is -2.41. The van der Waals surface area contributed by atoms with Gasteiger partial charge in [-0.05, 0) is 25.7 Å². The Morgan fingerprint density at radius 2 is 1.95 bits per heavy atom. The number of hydrogen-bond donors (Lipinski definition) is 0. The molecule has 1 aliphatic heterocycles. The number of rotatable bonds is 4. The van der Waals surface area contributed by atoms with Crippen LogP contribution in [0.15, 0.2) is 0 Å². The Kier molecular flexibility index (Phi) is 5.33. The zero-order chi connectivity index (χ0) is 14.9. The lowest BCUT2D eigenvalue weighted by Crippen LogP contribution is -2.55. The van der Waals surface area contributed by atoms with Crippen LogP contribution in [0.2, 0.25) is 0 Å². The van der Waals surface area contributed by atoms with Crippen LogP contribution in [-0.2, 0) is 14.8 Å². The van der Waals surface area contributed by atoms with Crippen LogP contribution in [0, 0.1) is 5.41 Å². The fraction of sp³-hybridized carbons (Fsp3) is 1.00. The van der Waals surface area contributed by atoms with Crippen LogP contribution in [0.5, 0.6) is 0 Å². The third-order valence-electron chi connectivity index (χ3n) is 3.13. The Bertz CT molecular complexity index is 401. The van der Waals surface area contributed by atoms with E-state index in [0.29, 0.717) is 25.4 Å². The summed E-state index contributed by atoms with van der Waals surface area (Å²) in [4.78, 5) is 0. The molecule has 1 saturated heterocycles. The van der Waals surface area contributed by atoms with Gasteiger partial charge in [0.05, 0.1) is 17.5 Å². The van der Waals surface area contributed by atoms with E-state index in [1.165, 1.54) is 4.31 Å². The molecule has 0 aromatic carbocycles. The molecule has 6 heteroatoms. The number of sulfonamides is 1. The minimum atomic E-state index is -3.24. The molecule has 1 unspecified atom stereocenters. The van der Waals surface area contributed by atoms with E-state index in [9.17, 15) is 8.42 Å². The van der Waals surface area contributed by atoms with E-state index in [4.69, 9.17) is 16.3 Å². The second kappa shape index (κ2) is 5.88. The molecule has 19 heavy (non-hydrogen) atoms. The quantitative estimate of drug-likeness (QED) is 0.749. The van der Waals surface area contributed by atoms with Crippen LogP contribution in [-0.4, -0.2) is 49.2 Å². The Morgan fingerprint density at radius 3 is 2.42 bits per heavy atom. The number of nitrogens with zero attached hydrogens (tertiary/aromatic N) is 1. The number of ether oxygens (including phenoxy) is 1. The van der Waals surface area contributed by atoms with Crippen molar-refractivity contribution in [1.29, 1.82) is 0 Å². The molecule has 4 nitrogen and oxygen atoms in total. The fourth-order valence-electron chi connectivity index (χ4n) is 2.10. The van der Waals surface area contributed by atoms with Crippen LogP contribution in [0.3, 0.4) is 0 Å². The standard InChI is InChI=1S/C13H26ClNO3S/c1-12(2,3)6-7-19(16,17)15-9-11(8-14)18-13(4,5)10-15/h11H,6-10H2,1-5H3. The summed E-state index contributed by atoms with van der Waals surface area (Å²) in [5, 5.41) is 0. The van der Waals surface area contributed by atoms with Gasteiger partial charge in [0.1, 0.15) is 0 Å². The molecular weight excluding hydrogens is 286 g/mol. The van der Waals surface area contributed by atoms with Gasteiger partial charge in [-0.1, -0.05) is 20.8 Å². The number of alkyl halides is 1. The first kappa shape index (κ1) is 17.2. The van der Waals surface area contributed by atoms with E-state index in [-0.39, 0.29) is 17.3 Å². The summed E-state index contributed by atoms with van der Waals surface area (Å²) in [6, 6.07) is 0. The van der Waals surface area contributed by atoms with Gasteiger partial charge in [0, 0.05) is 19.0 Å². The predicted octanol–water partition coefficient (Wildman–Crippen LogP) is 2.47. The van der Waals surface area contributed by atoms with Gasteiger partial charge in [0.25, 0.3) is 0 Å². The zero-order valence-electron chi connectivity index (χ0n) is 12.6. The molecule has 1 rings (SSSR count). The van der Waals surface area contributed by atoms with Crippen LogP contribution in [0.25, 0.3) is 0 Å². The average molecular weight is 312 g/mol. The molecule has 0 saturated carbocycles. The molecule has 0 radical (unpaired) electrons. The molecule has 114 valence electrons. The molecular formula is C13H26ClNO3S. The number of morpholine rings is 1. The van der Waals surface area contributed by atoms with Crippen molar-refractivity contribution in [3.05, 3.63) is 0 Å². The van der Waals surface area contributed by atoms with Gasteiger partial charge in [-0.25, -0.2) is 8.42 Å². The van der Waals surface area contributed by atoms with Gasteiger partial charge in [-0.15, -0.1) is 11.6 Å². The van der Waals surface area contributed by atoms with Crippen molar-refractivity contribution < 1.29 is 13.2 Å². The van der Waals surface area contributed by atoms with Crippen LogP contribution >= 0.6 is 11.6 Å². The van der Waals surface area contributed by atoms with Crippen molar-refractivity contribution in [3.63, 3.8) is 0 Å². The van der Waals surface area contributed by atoms with Gasteiger partial charge in [-0.2, -0.15) is 4.31 Å². The highest BCUT2D eigenvalue weighted by Crippen LogP contribution is 2.26. The summed E-state index contributed by atoms with van der Waals surface area (Å²) in [6.07, 6.45) is 0.424. The van der Waals surface area contributed by atoms with E-state index in [1.54, 1.807) is 0 Å². The van der Waals surface area contributed by atoms with Gasteiger partial charge in [0.15, 0.2) is 0 Å². The molecule has 0 aromatic rings. The van der Waals surface area contributed by atoms with E-state index < -0.39 is 15.6 Å². The molecule has 1 aliphatic rings. The predicted molar refractivity (Wildman–Crippen MR) is 79.1 cm³/mol. The van der Waals surface area contributed by atoms with E-state index >= 15 is 0 Å². The maximum Gasteiger partial charge on any atom is 0.214 e. The molecule has 0 N–H and O–H groups in total. The van der Waals surface area contributed by atoms with Crippen LogP contribution in [0.1, 0.15) is 41.0 Å². The Labute approximate surface area is 122 Å². The van der Waals surface area contributed by atoms with Crippen molar-refractivity contribution in [2.45, 2.75) is 52.7 Å². The van der Waals surface area contributed by atoms with Crippen LogP contribution < -0.4 is 0 Å². The molecule has 1 fully saturated rings. The van der Waals surface area contributed by atoms with E-state index in [1.807, 2.05) is 34.6 Å². The second-order valence-electron chi connectivity index (χ2n) is 7.07. The highest BCUT2D eigenvalue weighted by molar-refractivity contribution is 7.89. The maximum absolute atomic E-state index is 12.4. The smallest absolute Gasteiger partial charge is 0.214 e. The molecule has 0 aliphatic carbocycles. The first-order valence-corrected chi connectivity index (χ1v) is 8.81. The Morgan fingerprint density at radius 1 is 1.37 bits per heavy atom. The minimum absolute atomic E-state index is 0.0146. The highest BCUT2D eigenvalue weighted by Gasteiger charge is 2.38. The van der Waals surface area contributed by atoms with Gasteiger partial charge in [-0.3, -0.25) is 0 Å². The maximum atomic E-state index is 12.4. The fourth-order valence-corrected chi connectivity index (χ4v) is 4.29. The lowest BCUT2D eigenvalue weighted by molar-refractivity contribution is -0.107. The molecule has 0 bridgehead atoms. The molecule has 0 amide bonds. The van der Waals surface area contributed by atoms with Crippen molar-refractivity contribution in [3.8, 4) is 0 Å². The minimum Gasteiger partial charge on any atom is -0.368 e. The van der Waals surface area contributed by atoms with Crippen LogP contribution in [0.4, 0.5) is 0 Å². The van der Waals surface area contributed by atoms with Crippen molar-refractivity contribution in [2.75, 3.05) is 24.7 Å². The third-order valence-corrected chi connectivity index (χ3v) is 5.25. The van der Waals surface area contributed by atoms with E-state index in [0.717, 1.165) is 0 Å². The number of halogens is 1. The summed E-state index contributed by atoms with van der Waals surface area (Å²) in [5.74, 6) is 0.496. The molecule has 1 atom stereocenters. The van der Waals surface area contributed by atoms with E-state index in [2.05, 4.69) is 0 Å². The summed E-state index contributed by atoms with van der Waals surface area (Å²) in [6.45, 7) is 10.7. The number of hydrogen-bond acceptors (Lipinski definition) is 3. The first-order valence-electron chi connectivity index (χ1n) is 6.67. The van der Waals surface area contributed by atoms with Gasteiger partial charge < -0.3 is 4.74 Å². The summed E-state index contributed by atoms with van der Waals surface area (Å²) in [5.41, 5.74) is -0.465. The first-order chi connectivity index (χ1) is 8.45. The Balaban J connectivity index is 2.77. The summed E-state index contributed by atoms with van der Waals surface area (Å²) >= 11 is 5.83. The third kappa shape index (κ3) is 5.58. The van der Waals surface area contributed by atoms with Gasteiger partial charge >= 0.3 is 0 Å². The lowest BCUT2D eigenvalue weighted by atomic mass is 9.94. The van der Waals surface area contributed by atoms with Gasteiger partial charge in [0.2, 0.25) is 10.0 Å². The Hall–Kier alpha value is 0.160.